The monoisotopic (exact) mass is 331 g/mol. The Morgan fingerprint density at radius 2 is 2.00 bits per heavy atom. The molecule has 1 saturated heterocycles. The summed E-state index contributed by atoms with van der Waals surface area (Å²) in [5.74, 6) is 0.900. The number of hydrogen-bond donors (Lipinski definition) is 2. The fourth-order valence-electron chi connectivity index (χ4n) is 3.06. The number of guanidine groups is 1. The molecule has 0 spiro atoms. The number of likely N-dealkylation sites (N-methyl/N-ethyl adjacent to an activating group) is 2. The molecule has 0 radical (unpaired) electrons. The Morgan fingerprint density at radius 1 is 1.25 bits per heavy atom. The SMILES string of the molecule is CN=C(NCC1CN(C)CCN1C)NC(C)CCc1ccccc1. The van der Waals surface area contributed by atoms with Gasteiger partial charge in [-0.15, -0.1) is 0 Å². The van der Waals surface area contributed by atoms with Crippen LogP contribution in [0.3, 0.4) is 0 Å². The summed E-state index contributed by atoms with van der Waals surface area (Å²) in [6.45, 7) is 6.52. The first-order valence-corrected chi connectivity index (χ1v) is 8.98. The summed E-state index contributed by atoms with van der Waals surface area (Å²) >= 11 is 0. The van der Waals surface area contributed by atoms with E-state index in [1.807, 2.05) is 7.05 Å². The van der Waals surface area contributed by atoms with Gasteiger partial charge in [0.25, 0.3) is 0 Å². The van der Waals surface area contributed by atoms with Crippen molar-refractivity contribution in [1.82, 2.24) is 20.4 Å². The molecule has 1 heterocycles. The minimum absolute atomic E-state index is 0.392. The molecule has 0 aromatic heterocycles. The van der Waals surface area contributed by atoms with Crippen LogP contribution in [0.5, 0.6) is 0 Å². The van der Waals surface area contributed by atoms with E-state index in [9.17, 15) is 0 Å². The van der Waals surface area contributed by atoms with Crippen molar-refractivity contribution in [2.75, 3.05) is 47.3 Å². The highest BCUT2D eigenvalue weighted by atomic mass is 15.3. The fourth-order valence-corrected chi connectivity index (χ4v) is 3.06. The number of aliphatic imine (C=N–C) groups is 1. The van der Waals surface area contributed by atoms with Gasteiger partial charge in [0.2, 0.25) is 0 Å². The van der Waals surface area contributed by atoms with Crippen LogP contribution in [-0.2, 0) is 6.42 Å². The van der Waals surface area contributed by atoms with E-state index in [-0.39, 0.29) is 0 Å². The molecule has 0 bridgehead atoms. The van der Waals surface area contributed by atoms with E-state index in [0.29, 0.717) is 12.1 Å². The van der Waals surface area contributed by atoms with Gasteiger partial charge in [0, 0.05) is 45.3 Å². The van der Waals surface area contributed by atoms with Crippen molar-refractivity contribution in [1.29, 1.82) is 0 Å². The van der Waals surface area contributed by atoms with Gasteiger partial charge in [-0.25, -0.2) is 0 Å². The lowest BCUT2D eigenvalue weighted by atomic mass is 10.1. The number of rotatable bonds is 6. The van der Waals surface area contributed by atoms with Crippen molar-refractivity contribution >= 4 is 5.96 Å². The van der Waals surface area contributed by atoms with E-state index in [1.54, 1.807) is 0 Å². The van der Waals surface area contributed by atoms with Crippen LogP contribution in [0.15, 0.2) is 35.3 Å². The van der Waals surface area contributed by atoms with Crippen molar-refractivity contribution in [3.8, 4) is 0 Å². The third-order valence-corrected chi connectivity index (χ3v) is 4.80. The van der Waals surface area contributed by atoms with Gasteiger partial charge in [-0.2, -0.15) is 0 Å². The van der Waals surface area contributed by atoms with Crippen LogP contribution in [0.25, 0.3) is 0 Å². The van der Waals surface area contributed by atoms with E-state index in [4.69, 9.17) is 0 Å². The van der Waals surface area contributed by atoms with E-state index in [0.717, 1.165) is 45.0 Å². The van der Waals surface area contributed by atoms with Gasteiger partial charge in [0.05, 0.1) is 0 Å². The molecule has 24 heavy (non-hydrogen) atoms. The molecule has 1 aliphatic rings. The smallest absolute Gasteiger partial charge is 0.191 e. The number of nitrogens with zero attached hydrogens (tertiary/aromatic N) is 3. The third-order valence-electron chi connectivity index (χ3n) is 4.80. The summed E-state index contributed by atoms with van der Waals surface area (Å²) in [6.07, 6.45) is 2.18. The first kappa shape index (κ1) is 18.7. The predicted octanol–water partition coefficient (Wildman–Crippen LogP) is 1.42. The molecule has 0 aliphatic carbocycles. The van der Waals surface area contributed by atoms with Crippen LogP contribution >= 0.6 is 0 Å². The standard InChI is InChI=1S/C19H33N5/c1-16(10-11-17-8-6-5-7-9-17)22-19(20-2)21-14-18-15-23(3)12-13-24(18)4/h5-9,16,18H,10-15H2,1-4H3,(H2,20,21,22). The normalized spacial score (nSPS) is 21.5. The summed E-state index contributed by atoms with van der Waals surface area (Å²) in [7, 11) is 6.24. The highest BCUT2D eigenvalue weighted by molar-refractivity contribution is 5.79. The molecule has 5 heteroatoms. The number of piperazine rings is 1. The Hall–Kier alpha value is -1.59. The number of benzene rings is 1. The maximum absolute atomic E-state index is 4.37. The van der Waals surface area contributed by atoms with Crippen LogP contribution < -0.4 is 10.6 Å². The topological polar surface area (TPSA) is 42.9 Å². The van der Waals surface area contributed by atoms with Crippen molar-refractivity contribution in [3.05, 3.63) is 35.9 Å². The maximum Gasteiger partial charge on any atom is 0.191 e. The molecule has 0 amide bonds. The zero-order valence-corrected chi connectivity index (χ0v) is 15.6. The molecule has 2 N–H and O–H groups in total. The second-order valence-electron chi connectivity index (χ2n) is 6.92. The Kier molecular flexibility index (Phi) is 7.53. The molecule has 2 unspecified atom stereocenters. The van der Waals surface area contributed by atoms with Gasteiger partial charge in [-0.3, -0.25) is 9.89 Å². The molecule has 5 nitrogen and oxygen atoms in total. The molecule has 1 aromatic carbocycles. The quantitative estimate of drug-likeness (QED) is 0.611. The maximum atomic E-state index is 4.37. The molecular formula is C19H33N5. The van der Waals surface area contributed by atoms with Crippen LogP contribution in [0, 0.1) is 0 Å². The summed E-state index contributed by atoms with van der Waals surface area (Å²) < 4.78 is 0. The average Bonchev–Trinajstić information content (AvgIpc) is 2.60. The second kappa shape index (κ2) is 9.64. The summed E-state index contributed by atoms with van der Waals surface area (Å²) in [5.41, 5.74) is 1.39. The molecule has 0 saturated carbocycles. The van der Waals surface area contributed by atoms with Gasteiger partial charge in [0.1, 0.15) is 0 Å². The number of nitrogens with one attached hydrogen (secondary N) is 2. The van der Waals surface area contributed by atoms with Crippen molar-refractivity contribution in [2.24, 2.45) is 4.99 Å². The summed E-state index contributed by atoms with van der Waals surface area (Å²) in [5, 5.41) is 7.00. The molecule has 1 aromatic rings. The number of aryl methyl sites for hydroxylation is 1. The third kappa shape index (κ3) is 6.13. The van der Waals surface area contributed by atoms with E-state index >= 15 is 0 Å². The van der Waals surface area contributed by atoms with E-state index in [1.165, 1.54) is 5.56 Å². The Morgan fingerprint density at radius 3 is 2.71 bits per heavy atom. The highest BCUT2D eigenvalue weighted by Crippen LogP contribution is 2.06. The van der Waals surface area contributed by atoms with Gasteiger partial charge >= 0.3 is 0 Å². The molecule has 134 valence electrons. The zero-order chi connectivity index (χ0) is 17.4. The summed E-state index contributed by atoms with van der Waals surface area (Å²) in [4.78, 5) is 9.20. The minimum Gasteiger partial charge on any atom is -0.355 e. The van der Waals surface area contributed by atoms with Crippen LogP contribution in [0.4, 0.5) is 0 Å². The van der Waals surface area contributed by atoms with E-state index in [2.05, 4.69) is 76.8 Å². The lowest BCUT2D eigenvalue weighted by molar-refractivity contribution is 0.116. The second-order valence-corrected chi connectivity index (χ2v) is 6.92. The Labute approximate surface area is 147 Å². The van der Waals surface area contributed by atoms with Crippen LogP contribution in [-0.4, -0.2) is 75.2 Å². The fraction of sp³-hybridized carbons (Fsp3) is 0.632. The Bertz CT molecular complexity index is 502. The Balaban J connectivity index is 1.73. The lowest BCUT2D eigenvalue weighted by Gasteiger charge is -2.38. The van der Waals surface area contributed by atoms with Gasteiger partial charge < -0.3 is 15.5 Å². The number of hydrogen-bond acceptors (Lipinski definition) is 3. The van der Waals surface area contributed by atoms with Gasteiger partial charge in [-0.05, 0) is 39.4 Å². The molecular weight excluding hydrogens is 298 g/mol. The van der Waals surface area contributed by atoms with Gasteiger partial charge in [0.15, 0.2) is 5.96 Å². The van der Waals surface area contributed by atoms with E-state index < -0.39 is 0 Å². The van der Waals surface area contributed by atoms with Crippen LogP contribution in [0.2, 0.25) is 0 Å². The first-order chi connectivity index (χ1) is 11.6. The van der Waals surface area contributed by atoms with Gasteiger partial charge in [-0.1, -0.05) is 30.3 Å². The molecule has 2 atom stereocenters. The van der Waals surface area contributed by atoms with Crippen molar-refractivity contribution in [2.45, 2.75) is 31.8 Å². The van der Waals surface area contributed by atoms with Crippen LogP contribution in [0.1, 0.15) is 18.9 Å². The molecule has 1 fully saturated rings. The minimum atomic E-state index is 0.392. The highest BCUT2D eigenvalue weighted by Gasteiger charge is 2.22. The van der Waals surface area contributed by atoms with Crippen molar-refractivity contribution in [3.63, 3.8) is 0 Å². The average molecular weight is 332 g/mol. The molecule has 1 aliphatic heterocycles. The summed E-state index contributed by atoms with van der Waals surface area (Å²) in [6, 6.07) is 11.6. The zero-order valence-electron chi connectivity index (χ0n) is 15.6. The first-order valence-electron chi connectivity index (χ1n) is 8.98. The molecule has 2 rings (SSSR count). The largest absolute Gasteiger partial charge is 0.355 e. The lowest BCUT2D eigenvalue weighted by Crippen LogP contribution is -2.55. The predicted molar refractivity (Wildman–Crippen MR) is 103 cm³/mol. The van der Waals surface area contributed by atoms with Crippen molar-refractivity contribution < 1.29 is 0 Å².